The van der Waals surface area contributed by atoms with E-state index in [9.17, 15) is 9.59 Å². The van der Waals surface area contributed by atoms with Crippen LogP contribution in [0.15, 0.2) is 24.3 Å². The number of aryl methyl sites for hydroxylation is 1. The second-order valence-corrected chi connectivity index (χ2v) is 9.34. The summed E-state index contributed by atoms with van der Waals surface area (Å²) in [7, 11) is 0. The number of carbonyl (C=O) groups excluding carboxylic acids is 2. The minimum absolute atomic E-state index is 0.345. The monoisotopic (exact) mass is 438 g/mol. The van der Waals surface area contributed by atoms with E-state index in [0.717, 1.165) is 0 Å². The van der Waals surface area contributed by atoms with Gasteiger partial charge in [0.05, 0.1) is 0 Å². The molecule has 1 aromatic rings. The molecule has 0 heterocycles. The molecule has 0 aromatic heterocycles. The Labute approximate surface area is 161 Å². The topological polar surface area (TPSA) is 52.6 Å². The summed E-state index contributed by atoms with van der Waals surface area (Å²) in [5.41, 5.74) is 1.65. The van der Waals surface area contributed by atoms with E-state index in [4.69, 9.17) is 7.13 Å². The number of hydrogen-bond acceptors (Lipinski definition) is 4. The van der Waals surface area contributed by atoms with E-state index in [0.29, 0.717) is 5.92 Å². The van der Waals surface area contributed by atoms with Crippen molar-refractivity contribution >= 4 is 11.9 Å². The minimum Gasteiger partial charge on any atom is -0.0590 e. The first-order valence-electron chi connectivity index (χ1n) is 8.37. The van der Waals surface area contributed by atoms with Crippen molar-refractivity contribution < 1.29 is 34.6 Å². The van der Waals surface area contributed by atoms with Gasteiger partial charge in [-0.15, -0.1) is 0 Å². The van der Waals surface area contributed by atoms with Crippen LogP contribution in [0.1, 0.15) is 72.4 Å². The molecule has 0 unspecified atom stereocenters. The van der Waals surface area contributed by atoms with Gasteiger partial charge in [-0.1, -0.05) is 43.7 Å². The number of rotatable bonds is 3. The molecule has 25 heavy (non-hydrogen) atoms. The minimum atomic E-state index is -1.11. The molecule has 0 spiro atoms. The Morgan fingerprint density at radius 2 is 1.20 bits per heavy atom. The normalized spacial score (nSPS) is 11.6. The van der Waals surface area contributed by atoms with Crippen LogP contribution in [0.4, 0.5) is 0 Å². The summed E-state index contributed by atoms with van der Waals surface area (Å²) < 4.78 is 9.76. The Hall–Kier alpha value is -1.22. The van der Waals surface area contributed by atoms with Gasteiger partial charge in [-0.2, -0.15) is 0 Å². The van der Waals surface area contributed by atoms with Crippen LogP contribution in [0.3, 0.4) is 0 Å². The van der Waals surface area contributed by atoms with Crippen LogP contribution in [0.2, 0.25) is 0 Å². The molecular weight excluding hydrogens is 405 g/mol. The molecule has 0 aliphatic heterocycles. The Kier molecular flexibility index (Phi) is 9.57. The standard InChI is InChI=1S/C10H14.2C5H10O2.Ru/c1-8(2)10-6-4-9(3)5-7-10;2*1-5(2,3)4(6)7;/h4-8H,1-3H3;2*1-3H3,(H,6,7);/q;;;+2/p-2. The zero-order valence-corrected chi connectivity index (χ0v) is 18.6. The van der Waals surface area contributed by atoms with Crippen molar-refractivity contribution in [3.8, 4) is 0 Å². The summed E-state index contributed by atoms with van der Waals surface area (Å²) in [5, 5.41) is 0. The van der Waals surface area contributed by atoms with Crippen LogP contribution in [0.5, 0.6) is 0 Å². The number of benzene rings is 1. The molecule has 0 amide bonds. The number of hydrogen-bond donors (Lipinski definition) is 0. The molecule has 0 N–H and O–H groups in total. The second kappa shape index (κ2) is 10.1. The van der Waals surface area contributed by atoms with Crippen LogP contribution in [-0.2, 0) is 34.6 Å². The SMILES string of the molecule is CC(C)(C)C(=O)[O][Ru][O]C(=O)C(C)(C)C.Cc1ccc(C(C)C)cc1. The second-order valence-electron chi connectivity index (χ2n) is 8.34. The summed E-state index contributed by atoms with van der Waals surface area (Å²) in [4.78, 5) is 22.6. The van der Waals surface area contributed by atoms with Gasteiger partial charge < -0.3 is 0 Å². The van der Waals surface area contributed by atoms with Crippen molar-refractivity contribution in [2.75, 3.05) is 0 Å². The largest absolute Gasteiger partial charge is 0.0590 e. The molecule has 0 radical (unpaired) electrons. The quantitative estimate of drug-likeness (QED) is 0.610. The van der Waals surface area contributed by atoms with E-state index in [-0.39, 0.29) is 11.9 Å². The average Bonchev–Trinajstić information content (AvgIpc) is 2.46. The fraction of sp³-hybridized carbons (Fsp3) is 0.600. The Morgan fingerprint density at radius 1 is 0.840 bits per heavy atom. The molecular formula is C20H32O4Ru. The molecule has 0 atom stereocenters. The first-order valence-corrected chi connectivity index (χ1v) is 9.79. The average molecular weight is 438 g/mol. The van der Waals surface area contributed by atoms with Crippen LogP contribution in [-0.4, -0.2) is 11.9 Å². The maximum absolute atomic E-state index is 11.3. The van der Waals surface area contributed by atoms with Gasteiger partial charge in [0.1, 0.15) is 0 Å². The predicted molar refractivity (Wildman–Crippen MR) is 96.4 cm³/mol. The third kappa shape index (κ3) is 10.4. The van der Waals surface area contributed by atoms with E-state index in [1.165, 1.54) is 11.1 Å². The van der Waals surface area contributed by atoms with E-state index >= 15 is 0 Å². The first-order chi connectivity index (χ1) is 11.2. The molecule has 1 aromatic carbocycles. The summed E-state index contributed by atoms with van der Waals surface area (Å²) in [6, 6.07) is 8.71. The van der Waals surface area contributed by atoms with Gasteiger partial charge in [-0.3, -0.25) is 0 Å². The van der Waals surface area contributed by atoms with E-state index < -0.39 is 28.7 Å². The van der Waals surface area contributed by atoms with Crippen molar-refractivity contribution in [1.29, 1.82) is 0 Å². The first kappa shape index (κ1) is 23.8. The van der Waals surface area contributed by atoms with Crippen molar-refractivity contribution in [3.05, 3.63) is 35.4 Å². The molecule has 0 aliphatic rings. The summed E-state index contributed by atoms with van der Waals surface area (Å²) >= 11 is -1.11. The Bertz CT molecular complexity index is 523. The molecule has 5 heteroatoms. The van der Waals surface area contributed by atoms with Crippen LogP contribution >= 0.6 is 0 Å². The van der Waals surface area contributed by atoms with Gasteiger partial charge in [0.15, 0.2) is 0 Å². The van der Waals surface area contributed by atoms with Gasteiger partial charge in [-0.05, 0) is 18.4 Å². The van der Waals surface area contributed by atoms with Crippen LogP contribution in [0.25, 0.3) is 0 Å². The summed E-state index contributed by atoms with van der Waals surface area (Å²) in [6.45, 7) is 17.0. The zero-order chi connectivity index (χ0) is 19.8. The maximum atomic E-state index is 11.3. The predicted octanol–water partition coefficient (Wildman–Crippen LogP) is 5.20. The smallest absolute Gasteiger partial charge is 0.0219 e. The van der Waals surface area contributed by atoms with Crippen molar-refractivity contribution in [3.63, 3.8) is 0 Å². The van der Waals surface area contributed by atoms with Crippen molar-refractivity contribution in [2.24, 2.45) is 10.8 Å². The van der Waals surface area contributed by atoms with Gasteiger partial charge in [0, 0.05) is 0 Å². The van der Waals surface area contributed by atoms with Gasteiger partial charge in [0.25, 0.3) is 0 Å². The van der Waals surface area contributed by atoms with Gasteiger partial charge in [-0.25, -0.2) is 0 Å². The third-order valence-corrected chi connectivity index (χ3v) is 4.09. The molecule has 0 saturated carbocycles. The number of carbonyl (C=O) groups is 2. The fourth-order valence-corrected chi connectivity index (χ4v) is 2.64. The van der Waals surface area contributed by atoms with Crippen LogP contribution in [0, 0.1) is 17.8 Å². The van der Waals surface area contributed by atoms with E-state index in [1.54, 1.807) is 41.5 Å². The molecule has 144 valence electrons. The van der Waals surface area contributed by atoms with Crippen molar-refractivity contribution in [1.82, 2.24) is 0 Å². The summed E-state index contributed by atoms with van der Waals surface area (Å²) in [6.07, 6.45) is 0. The summed E-state index contributed by atoms with van der Waals surface area (Å²) in [5.74, 6) is -0.0366. The van der Waals surface area contributed by atoms with Gasteiger partial charge >= 0.3 is 98.9 Å². The van der Waals surface area contributed by atoms with Crippen molar-refractivity contribution in [2.45, 2.75) is 68.2 Å². The van der Waals surface area contributed by atoms with E-state index in [2.05, 4.69) is 45.0 Å². The van der Waals surface area contributed by atoms with E-state index in [1.807, 2.05) is 0 Å². The molecule has 0 saturated heterocycles. The molecule has 0 bridgehead atoms. The third-order valence-electron chi connectivity index (χ3n) is 3.16. The maximum Gasteiger partial charge on any atom is -0.0219 e. The fourth-order valence-electron chi connectivity index (χ4n) is 1.24. The van der Waals surface area contributed by atoms with Gasteiger partial charge in [0.2, 0.25) is 0 Å². The zero-order valence-electron chi connectivity index (χ0n) is 16.9. The molecule has 1 rings (SSSR count). The Morgan fingerprint density at radius 3 is 1.48 bits per heavy atom. The van der Waals surface area contributed by atoms with Crippen LogP contribution < -0.4 is 0 Å². The molecule has 4 nitrogen and oxygen atoms in total. The Balaban J connectivity index is 0.000000496. The molecule has 0 fully saturated rings. The molecule has 0 aliphatic carbocycles.